The average molecular weight is 301 g/mol. The van der Waals surface area contributed by atoms with Crippen LogP contribution in [0.3, 0.4) is 0 Å². The molecule has 1 aromatic carbocycles. The molecular weight excluding hydrogens is 290 g/mol. The molecule has 0 amide bonds. The molecule has 0 spiro atoms. The standard InChI is InChI=1S/C10H9N3OS.BrH/c11-10-13(12-7-15-10)6-9(14)8-4-2-1-3-5-8;/h1-5,7,11H,6H2;1H/p+1. The SMILES string of the molecule is Br.Nc1scn[n+]1CC(=O)c1ccccc1. The zero-order valence-electron chi connectivity index (χ0n) is 8.37. The van der Waals surface area contributed by atoms with E-state index in [0.29, 0.717) is 10.7 Å². The Bertz CT molecular complexity index is 472. The van der Waals surface area contributed by atoms with E-state index in [2.05, 4.69) is 5.10 Å². The van der Waals surface area contributed by atoms with Gasteiger partial charge in [-0.05, 0) is 11.3 Å². The predicted molar refractivity (Wildman–Crippen MR) is 67.8 cm³/mol. The summed E-state index contributed by atoms with van der Waals surface area (Å²) < 4.78 is 1.50. The van der Waals surface area contributed by atoms with Crippen LogP contribution in [-0.4, -0.2) is 10.9 Å². The van der Waals surface area contributed by atoms with Gasteiger partial charge in [-0.1, -0.05) is 35.4 Å². The van der Waals surface area contributed by atoms with Gasteiger partial charge in [-0.2, -0.15) is 0 Å². The molecule has 0 aliphatic heterocycles. The maximum Gasteiger partial charge on any atom is 0.354 e. The van der Waals surface area contributed by atoms with Crippen molar-refractivity contribution in [1.29, 1.82) is 0 Å². The van der Waals surface area contributed by atoms with Gasteiger partial charge in [0.2, 0.25) is 5.78 Å². The van der Waals surface area contributed by atoms with Crippen LogP contribution in [0.2, 0.25) is 0 Å². The highest BCUT2D eigenvalue weighted by Crippen LogP contribution is 2.03. The van der Waals surface area contributed by atoms with Crippen molar-refractivity contribution in [3.63, 3.8) is 0 Å². The maximum absolute atomic E-state index is 11.8. The lowest BCUT2D eigenvalue weighted by Crippen LogP contribution is -2.41. The highest BCUT2D eigenvalue weighted by Gasteiger charge is 2.14. The number of nitrogens with two attached hydrogens (primary N) is 1. The number of anilines is 1. The number of ketones is 1. The quantitative estimate of drug-likeness (QED) is 0.690. The first-order valence-electron chi connectivity index (χ1n) is 4.44. The van der Waals surface area contributed by atoms with Gasteiger partial charge < -0.3 is 0 Å². The largest absolute Gasteiger partial charge is 0.354 e. The molecule has 0 fully saturated rings. The van der Waals surface area contributed by atoms with E-state index in [1.54, 1.807) is 17.6 Å². The lowest BCUT2D eigenvalue weighted by Gasteiger charge is -1.96. The number of rotatable bonds is 3. The van der Waals surface area contributed by atoms with Gasteiger partial charge in [-0.15, -0.1) is 21.7 Å². The molecule has 0 saturated carbocycles. The van der Waals surface area contributed by atoms with Crippen LogP contribution in [0.4, 0.5) is 5.13 Å². The molecule has 0 unspecified atom stereocenters. The van der Waals surface area contributed by atoms with Gasteiger partial charge in [0, 0.05) is 5.56 Å². The van der Waals surface area contributed by atoms with Crippen LogP contribution < -0.4 is 10.4 Å². The van der Waals surface area contributed by atoms with Gasteiger partial charge in [0.25, 0.3) is 0 Å². The fourth-order valence-electron chi connectivity index (χ4n) is 1.22. The number of nitrogen functional groups attached to an aromatic ring is 1. The van der Waals surface area contributed by atoms with Crippen molar-refractivity contribution in [3.05, 3.63) is 41.4 Å². The van der Waals surface area contributed by atoms with Crippen molar-refractivity contribution < 1.29 is 9.48 Å². The van der Waals surface area contributed by atoms with Crippen molar-refractivity contribution in [2.24, 2.45) is 0 Å². The number of carbonyl (C=O) groups excluding carboxylic acids is 1. The smallest absolute Gasteiger partial charge is 0.290 e. The Labute approximate surface area is 107 Å². The van der Waals surface area contributed by atoms with Gasteiger partial charge in [-0.3, -0.25) is 10.5 Å². The third-order valence-corrected chi connectivity index (χ3v) is 2.66. The van der Waals surface area contributed by atoms with E-state index in [0.717, 1.165) is 0 Å². The van der Waals surface area contributed by atoms with Gasteiger partial charge in [0.05, 0.1) is 0 Å². The second-order valence-corrected chi connectivity index (χ2v) is 3.89. The Kier molecular flexibility index (Phi) is 4.57. The number of carbonyl (C=O) groups is 1. The summed E-state index contributed by atoms with van der Waals surface area (Å²) in [6, 6.07) is 9.11. The maximum atomic E-state index is 11.8. The highest BCUT2D eigenvalue weighted by molar-refractivity contribution is 8.93. The summed E-state index contributed by atoms with van der Waals surface area (Å²) in [6.45, 7) is 0.194. The minimum absolute atomic E-state index is 0. The summed E-state index contributed by atoms with van der Waals surface area (Å²) in [5, 5.41) is 4.51. The molecule has 2 rings (SSSR count). The number of hydrogen-bond acceptors (Lipinski definition) is 4. The summed E-state index contributed by atoms with van der Waals surface area (Å²) >= 11 is 1.32. The third-order valence-electron chi connectivity index (χ3n) is 2.00. The first-order valence-corrected chi connectivity index (χ1v) is 5.32. The van der Waals surface area contributed by atoms with E-state index < -0.39 is 0 Å². The Hall–Kier alpha value is -1.27. The van der Waals surface area contributed by atoms with E-state index in [-0.39, 0.29) is 29.3 Å². The van der Waals surface area contributed by atoms with E-state index in [1.807, 2.05) is 18.2 Å². The molecule has 0 aliphatic carbocycles. The summed E-state index contributed by atoms with van der Waals surface area (Å²) in [6.07, 6.45) is 0. The Morgan fingerprint density at radius 2 is 2.06 bits per heavy atom. The monoisotopic (exact) mass is 300 g/mol. The van der Waals surface area contributed by atoms with Gasteiger partial charge in [-0.25, -0.2) is 0 Å². The normalized spacial score (nSPS) is 9.50. The van der Waals surface area contributed by atoms with Crippen molar-refractivity contribution in [2.45, 2.75) is 6.54 Å². The molecule has 4 nitrogen and oxygen atoms in total. The number of halogens is 1. The van der Waals surface area contributed by atoms with Gasteiger partial charge >= 0.3 is 5.13 Å². The molecule has 16 heavy (non-hydrogen) atoms. The van der Waals surface area contributed by atoms with Crippen LogP contribution in [0.1, 0.15) is 10.4 Å². The second kappa shape index (κ2) is 5.72. The second-order valence-electron chi connectivity index (χ2n) is 3.02. The minimum atomic E-state index is 0. The lowest BCUT2D eigenvalue weighted by molar-refractivity contribution is -0.723. The molecule has 0 aliphatic rings. The van der Waals surface area contributed by atoms with Crippen LogP contribution in [0, 0.1) is 0 Å². The van der Waals surface area contributed by atoms with Crippen LogP contribution in [0.15, 0.2) is 35.8 Å². The number of Topliss-reactive ketones (excluding diaryl/α,β-unsaturated/α-hetero) is 1. The van der Waals surface area contributed by atoms with Crippen molar-refractivity contribution in [2.75, 3.05) is 5.73 Å². The first kappa shape index (κ1) is 12.8. The number of benzene rings is 1. The molecule has 1 aromatic heterocycles. The molecule has 0 radical (unpaired) electrons. The van der Waals surface area contributed by atoms with Crippen LogP contribution in [0.25, 0.3) is 0 Å². The number of aromatic nitrogens is 2. The zero-order chi connectivity index (χ0) is 10.7. The van der Waals surface area contributed by atoms with Crippen molar-refractivity contribution in [3.8, 4) is 0 Å². The third kappa shape index (κ3) is 2.86. The molecule has 0 saturated heterocycles. The summed E-state index contributed by atoms with van der Waals surface area (Å²) in [5.74, 6) is 0.0122. The summed E-state index contributed by atoms with van der Waals surface area (Å²) in [7, 11) is 0. The van der Waals surface area contributed by atoms with Crippen LogP contribution >= 0.6 is 28.3 Å². The molecule has 6 heteroatoms. The van der Waals surface area contributed by atoms with Gasteiger partial charge in [0.15, 0.2) is 6.54 Å². The number of nitrogens with zero attached hydrogens (tertiary/aromatic N) is 2. The van der Waals surface area contributed by atoms with Crippen molar-refractivity contribution >= 4 is 39.2 Å². The van der Waals surface area contributed by atoms with E-state index in [9.17, 15) is 4.79 Å². The zero-order valence-corrected chi connectivity index (χ0v) is 10.9. The molecule has 84 valence electrons. The topological polar surface area (TPSA) is 59.9 Å². The van der Waals surface area contributed by atoms with Crippen LogP contribution in [0.5, 0.6) is 0 Å². The first-order chi connectivity index (χ1) is 7.27. The van der Waals surface area contributed by atoms with Crippen molar-refractivity contribution in [1.82, 2.24) is 5.10 Å². The molecule has 2 N–H and O–H groups in total. The van der Waals surface area contributed by atoms with E-state index in [1.165, 1.54) is 16.0 Å². The summed E-state index contributed by atoms with van der Waals surface area (Å²) in [4.78, 5) is 11.8. The molecule has 0 atom stereocenters. The summed E-state index contributed by atoms with van der Waals surface area (Å²) in [5.41, 5.74) is 7.93. The average Bonchev–Trinajstić information content (AvgIpc) is 2.66. The van der Waals surface area contributed by atoms with Crippen LogP contribution in [-0.2, 0) is 6.54 Å². The molecular formula is C10H11BrN3OS+. The Morgan fingerprint density at radius 1 is 1.38 bits per heavy atom. The lowest BCUT2D eigenvalue weighted by atomic mass is 10.1. The molecule has 2 aromatic rings. The molecule has 0 bridgehead atoms. The number of hydrogen-bond donors (Lipinski definition) is 1. The predicted octanol–water partition coefficient (Wildman–Crippen LogP) is 1.47. The minimum Gasteiger partial charge on any atom is -0.290 e. The highest BCUT2D eigenvalue weighted by atomic mass is 79.9. The Morgan fingerprint density at radius 3 is 2.62 bits per heavy atom. The Balaban J connectivity index is 0.00000128. The van der Waals surface area contributed by atoms with E-state index >= 15 is 0 Å². The fourth-order valence-corrected chi connectivity index (χ4v) is 1.72. The van der Waals surface area contributed by atoms with E-state index in [4.69, 9.17) is 5.73 Å². The fraction of sp³-hybridized carbons (Fsp3) is 0.100. The van der Waals surface area contributed by atoms with Gasteiger partial charge in [0.1, 0.15) is 5.51 Å². The molecule has 1 heterocycles.